The van der Waals surface area contributed by atoms with Gasteiger partial charge in [0.15, 0.2) is 0 Å². The van der Waals surface area contributed by atoms with E-state index in [1.807, 2.05) is 6.08 Å². The minimum Gasteiger partial charge on any atom is -0.481 e. The molecule has 0 aliphatic carbocycles. The Kier molecular flexibility index (Phi) is 6.06. The highest BCUT2D eigenvalue weighted by atomic mass is 16.4. The number of amides is 1. The van der Waals surface area contributed by atoms with Crippen LogP contribution in [0.4, 0.5) is 0 Å². The van der Waals surface area contributed by atoms with Gasteiger partial charge in [-0.1, -0.05) is 24.3 Å². The van der Waals surface area contributed by atoms with Gasteiger partial charge in [0.2, 0.25) is 5.91 Å². The average molecular weight is 263 g/mol. The molecule has 0 aromatic heterocycles. The van der Waals surface area contributed by atoms with E-state index in [4.69, 9.17) is 5.11 Å². The van der Waals surface area contributed by atoms with Gasteiger partial charge in [0.1, 0.15) is 0 Å². The second-order valence-corrected chi connectivity index (χ2v) is 4.63. The fraction of sp³-hybridized carbons (Fsp3) is 0.467. The van der Waals surface area contributed by atoms with Crippen molar-refractivity contribution < 1.29 is 14.7 Å². The summed E-state index contributed by atoms with van der Waals surface area (Å²) in [4.78, 5) is 24.6. The number of carbonyl (C=O) groups excluding carboxylic acids is 1. The molecule has 0 unspecified atom stereocenters. The summed E-state index contributed by atoms with van der Waals surface area (Å²) in [6.07, 6.45) is 9.77. The van der Waals surface area contributed by atoms with Crippen LogP contribution in [0.25, 0.3) is 0 Å². The van der Waals surface area contributed by atoms with E-state index >= 15 is 0 Å². The molecule has 0 spiro atoms. The minimum absolute atomic E-state index is 0.0162. The van der Waals surface area contributed by atoms with Crippen LogP contribution in [0, 0.1) is 0 Å². The van der Waals surface area contributed by atoms with E-state index in [0.717, 1.165) is 12.8 Å². The van der Waals surface area contributed by atoms with Crippen LogP contribution in [0.15, 0.2) is 37.5 Å². The second kappa shape index (κ2) is 7.56. The van der Waals surface area contributed by atoms with Gasteiger partial charge in [0.25, 0.3) is 0 Å². The van der Waals surface area contributed by atoms with E-state index in [1.165, 1.54) is 0 Å². The highest BCUT2D eigenvalue weighted by molar-refractivity contribution is 5.81. The van der Waals surface area contributed by atoms with Gasteiger partial charge >= 0.3 is 5.97 Å². The van der Waals surface area contributed by atoms with Crippen molar-refractivity contribution in [2.75, 3.05) is 0 Å². The summed E-state index contributed by atoms with van der Waals surface area (Å²) >= 11 is 0. The quantitative estimate of drug-likeness (QED) is 0.718. The zero-order valence-electron chi connectivity index (χ0n) is 11.1. The average Bonchev–Trinajstić information content (AvgIpc) is 2.37. The highest BCUT2D eigenvalue weighted by Gasteiger charge is 2.29. The molecule has 0 saturated carbocycles. The largest absolute Gasteiger partial charge is 0.481 e. The molecular formula is C15H21NO3. The number of hydrogen-bond acceptors (Lipinski definition) is 2. The Morgan fingerprint density at radius 3 is 2.53 bits per heavy atom. The lowest BCUT2D eigenvalue weighted by molar-refractivity contribution is -0.142. The van der Waals surface area contributed by atoms with Crippen LogP contribution in [-0.4, -0.2) is 34.0 Å². The number of carbonyl (C=O) groups is 2. The first kappa shape index (κ1) is 15.2. The fourth-order valence-corrected chi connectivity index (χ4v) is 2.37. The van der Waals surface area contributed by atoms with Crippen LogP contribution in [0.2, 0.25) is 0 Å². The number of rotatable bonds is 7. The van der Waals surface area contributed by atoms with Gasteiger partial charge in [-0.2, -0.15) is 0 Å². The maximum atomic E-state index is 12.2. The van der Waals surface area contributed by atoms with Gasteiger partial charge in [0.05, 0.1) is 12.5 Å². The van der Waals surface area contributed by atoms with Crippen molar-refractivity contribution in [3.8, 4) is 0 Å². The Balaban J connectivity index is 2.81. The predicted molar refractivity (Wildman–Crippen MR) is 74.7 cm³/mol. The van der Waals surface area contributed by atoms with E-state index in [1.54, 1.807) is 17.1 Å². The Morgan fingerprint density at radius 1 is 1.26 bits per heavy atom. The van der Waals surface area contributed by atoms with E-state index in [-0.39, 0.29) is 30.8 Å². The van der Waals surface area contributed by atoms with E-state index in [9.17, 15) is 9.59 Å². The minimum atomic E-state index is -0.943. The van der Waals surface area contributed by atoms with Crippen molar-refractivity contribution in [2.24, 2.45) is 0 Å². The second-order valence-electron chi connectivity index (χ2n) is 4.63. The maximum absolute atomic E-state index is 12.2. The van der Waals surface area contributed by atoms with Crippen molar-refractivity contribution in [3.63, 3.8) is 0 Å². The lowest BCUT2D eigenvalue weighted by Crippen LogP contribution is -2.48. The summed E-state index contributed by atoms with van der Waals surface area (Å²) in [6.45, 7) is 7.43. The fourth-order valence-electron chi connectivity index (χ4n) is 2.37. The van der Waals surface area contributed by atoms with E-state index in [2.05, 4.69) is 19.2 Å². The van der Waals surface area contributed by atoms with Gasteiger partial charge in [-0.25, -0.2) is 0 Å². The molecule has 19 heavy (non-hydrogen) atoms. The number of hydrogen-bond donors (Lipinski definition) is 1. The summed E-state index contributed by atoms with van der Waals surface area (Å²) in [6, 6.07) is 0.0613. The Morgan fingerprint density at radius 2 is 1.95 bits per heavy atom. The first-order valence-corrected chi connectivity index (χ1v) is 6.51. The van der Waals surface area contributed by atoms with Gasteiger partial charge in [-0.15, -0.1) is 13.2 Å². The molecule has 1 N–H and O–H groups in total. The van der Waals surface area contributed by atoms with E-state index < -0.39 is 5.97 Å². The Bertz CT molecular complexity index is 387. The third kappa shape index (κ3) is 4.39. The summed E-state index contributed by atoms with van der Waals surface area (Å²) < 4.78 is 0. The zero-order chi connectivity index (χ0) is 14.3. The molecule has 0 saturated heterocycles. The Labute approximate surface area is 114 Å². The molecule has 1 rings (SSSR count). The van der Waals surface area contributed by atoms with E-state index in [0.29, 0.717) is 6.42 Å². The summed E-state index contributed by atoms with van der Waals surface area (Å²) in [5, 5.41) is 8.68. The lowest BCUT2D eigenvalue weighted by Gasteiger charge is -2.39. The first-order chi connectivity index (χ1) is 9.10. The van der Waals surface area contributed by atoms with Crippen molar-refractivity contribution in [2.45, 2.75) is 44.2 Å². The molecule has 0 aromatic rings. The van der Waals surface area contributed by atoms with Gasteiger partial charge in [-0.05, 0) is 19.3 Å². The third-order valence-corrected chi connectivity index (χ3v) is 3.20. The van der Waals surface area contributed by atoms with Crippen molar-refractivity contribution in [1.29, 1.82) is 0 Å². The number of nitrogens with zero attached hydrogens (tertiary/aromatic N) is 1. The molecule has 4 heteroatoms. The molecule has 0 radical (unpaired) electrons. The van der Waals surface area contributed by atoms with Crippen LogP contribution < -0.4 is 0 Å². The predicted octanol–water partition coefficient (Wildman–Crippen LogP) is 2.53. The lowest BCUT2D eigenvalue weighted by atomic mass is 9.97. The van der Waals surface area contributed by atoms with Gasteiger partial charge in [0, 0.05) is 12.5 Å². The summed E-state index contributed by atoms with van der Waals surface area (Å²) in [7, 11) is 0. The summed E-state index contributed by atoms with van der Waals surface area (Å²) in [5.74, 6) is -1.05. The molecule has 0 aromatic carbocycles. The molecule has 4 nitrogen and oxygen atoms in total. The number of aliphatic carboxylic acids is 1. The number of carboxylic acids is 1. The first-order valence-electron chi connectivity index (χ1n) is 6.51. The molecule has 1 heterocycles. The highest BCUT2D eigenvalue weighted by Crippen LogP contribution is 2.23. The zero-order valence-corrected chi connectivity index (χ0v) is 11.1. The standard InChI is InChI=1S/C15H21NO3/c1-3-6-12-8-5-9-13(7-4-2)16(12)14(17)10-11-15(18)19/h3-5,8,12-13H,1-2,6-7,9-11H2,(H,18,19)/t12-,13-/m1/s1. The van der Waals surface area contributed by atoms with Crippen molar-refractivity contribution in [3.05, 3.63) is 37.5 Å². The molecule has 0 fully saturated rings. The van der Waals surface area contributed by atoms with Gasteiger partial charge in [-0.3, -0.25) is 9.59 Å². The van der Waals surface area contributed by atoms with Crippen LogP contribution in [-0.2, 0) is 9.59 Å². The Hall–Kier alpha value is -1.84. The van der Waals surface area contributed by atoms with Gasteiger partial charge < -0.3 is 10.0 Å². The van der Waals surface area contributed by atoms with Crippen LogP contribution in [0.3, 0.4) is 0 Å². The SMILES string of the molecule is C=CC[C@@H]1CC=C[C@@H](CC=C)N1C(=O)CCC(=O)O. The van der Waals surface area contributed by atoms with Crippen LogP contribution in [0.5, 0.6) is 0 Å². The summed E-state index contributed by atoms with van der Waals surface area (Å²) in [5.41, 5.74) is 0. The topological polar surface area (TPSA) is 57.6 Å². The molecule has 1 aliphatic heterocycles. The molecule has 1 amide bonds. The van der Waals surface area contributed by atoms with Crippen LogP contribution >= 0.6 is 0 Å². The molecule has 0 bridgehead atoms. The molecule has 104 valence electrons. The monoisotopic (exact) mass is 263 g/mol. The van der Waals surface area contributed by atoms with Crippen molar-refractivity contribution in [1.82, 2.24) is 4.90 Å². The number of carboxylic acid groups (broad SMARTS) is 1. The maximum Gasteiger partial charge on any atom is 0.303 e. The smallest absolute Gasteiger partial charge is 0.303 e. The van der Waals surface area contributed by atoms with Crippen LogP contribution in [0.1, 0.15) is 32.1 Å². The molecule has 2 atom stereocenters. The molecule has 1 aliphatic rings. The normalized spacial score (nSPS) is 22.0. The van der Waals surface area contributed by atoms with Crippen molar-refractivity contribution >= 4 is 11.9 Å². The third-order valence-electron chi connectivity index (χ3n) is 3.20. The molecular weight excluding hydrogens is 242 g/mol.